The van der Waals surface area contributed by atoms with E-state index in [2.05, 4.69) is 172 Å². The molecular weight excluding hydrogens is 863 g/mol. The summed E-state index contributed by atoms with van der Waals surface area (Å²) in [5.74, 6) is 1.68. The van der Waals surface area contributed by atoms with Crippen LogP contribution in [0.2, 0.25) is 0 Å². The van der Waals surface area contributed by atoms with Crippen LogP contribution in [0, 0.1) is 41.5 Å². The SMILES string of the molecule is CC(C)c1cccc(C(C)C)c1[N]=[Mo]=[CH]C(C)(C)c1ccccc1.Cc1cc(C)c(-c2cc3c(c(-c4c(O)c(-c5c(C)cc(C)cc5C)cc5c4CCCC5)c2O)CCCC3)c(C)c1. The summed E-state index contributed by atoms with van der Waals surface area (Å²) >= 11 is -0.553. The van der Waals surface area contributed by atoms with Crippen molar-refractivity contribution in [2.75, 3.05) is 0 Å². The zero-order valence-corrected chi connectivity index (χ0v) is 42.7. The summed E-state index contributed by atoms with van der Waals surface area (Å²) in [6.45, 7) is 26.5. The average Bonchev–Trinajstić information content (AvgIpc) is 3.24. The van der Waals surface area contributed by atoms with E-state index >= 15 is 0 Å². The summed E-state index contributed by atoms with van der Waals surface area (Å²) < 4.78 is 7.59. The molecule has 4 heteroatoms. The van der Waals surface area contributed by atoms with Crippen molar-refractivity contribution in [1.29, 1.82) is 0 Å². The third-order valence-corrected chi connectivity index (χ3v) is 16.2. The topological polar surface area (TPSA) is 52.8 Å². The molecule has 64 heavy (non-hydrogen) atoms. The van der Waals surface area contributed by atoms with E-state index in [0.29, 0.717) is 23.3 Å². The molecule has 0 aliphatic heterocycles. The first kappa shape index (κ1) is 47.2. The van der Waals surface area contributed by atoms with Crippen LogP contribution in [0.1, 0.15) is 151 Å². The van der Waals surface area contributed by atoms with Crippen LogP contribution in [0.25, 0.3) is 33.4 Å². The number of phenols is 2. The van der Waals surface area contributed by atoms with Gasteiger partial charge in [-0.3, -0.25) is 0 Å². The molecule has 0 saturated heterocycles. The van der Waals surface area contributed by atoms with Crippen molar-refractivity contribution in [1.82, 2.24) is 0 Å². The van der Waals surface area contributed by atoms with E-state index in [1.807, 2.05) is 0 Å². The van der Waals surface area contributed by atoms with Crippen molar-refractivity contribution in [3.63, 3.8) is 0 Å². The normalized spacial score (nSPS) is 13.5. The molecule has 2 aliphatic carbocycles. The Kier molecular flexibility index (Phi) is 14.6. The summed E-state index contributed by atoms with van der Waals surface area (Å²) in [6.07, 6.45) is 8.44. The van der Waals surface area contributed by atoms with Gasteiger partial charge in [0.15, 0.2) is 0 Å². The summed E-state index contributed by atoms with van der Waals surface area (Å²) in [5.41, 5.74) is 23.6. The minimum Gasteiger partial charge on any atom is -0.507 e. The van der Waals surface area contributed by atoms with Gasteiger partial charge in [-0.25, -0.2) is 0 Å². The number of aryl methyl sites for hydroxylation is 8. The number of aromatic hydroxyl groups is 2. The fraction of sp³-hybridized carbons (Fsp3) is 0.383. The van der Waals surface area contributed by atoms with E-state index in [4.69, 9.17) is 3.50 Å². The van der Waals surface area contributed by atoms with Gasteiger partial charge in [0.25, 0.3) is 0 Å². The molecular formula is C60H71MoNO2. The third-order valence-electron chi connectivity index (χ3n) is 13.7. The van der Waals surface area contributed by atoms with Gasteiger partial charge in [0.05, 0.1) is 0 Å². The van der Waals surface area contributed by atoms with Crippen LogP contribution in [0.5, 0.6) is 11.5 Å². The first-order valence-electron chi connectivity index (χ1n) is 23.8. The van der Waals surface area contributed by atoms with Gasteiger partial charge >= 0.3 is 156 Å². The number of nitrogens with zero attached hydrogens (tertiary/aromatic N) is 1. The van der Waals surface area contributed by atoms with Crippen molar-refractivity contribution >= 4 is 10.1 Å². The smallest absolute Gasteiger partial charge is 0.131 e. The van der Waals surface area contributed by atoms with Crippen LogP contribution in [-0.2, 0) is 49.0 Å². The van der Waals surface area contributed by atoms with Gasteiger partial charge in [-0.05, 0) is 161 Å². The average molecular weight is 934 g/mol. The van der Waals surface area contributed by atoms with Crippen molar-refractivity contribution in [2.24, 2.45) is 3.50 Å². The number of phenolic OH excluding ortho intramolecular Hbond substituents is 2. The van der Waals surface area contributed by atoms with E-state index in [0.717, 1.165) is 84.7 Å². The zero-order valence-electron chi connectivity index (χ0n) is 40.7. The Hall–Kier alpha value is -4.72. The number of benzene rings is 6. The second-order valence-electron chi connectivity index (χ2n) is 20.0. The van der Waals surface area contributed by atoms with Crippen molar-refractivity contribution < 1.29 is 28.1 Å². The number of rotatable bonds is 8. The van der Waals surface area contributed by atoms with E-state index in [1.165, 1.54) is 78.0 Å². The molecule has 0 bridgehead atoms. The molecule has 0 atom stereocenters. The first-order chi connectivity index (χ1) is 30.5. The van der Waals surface area contributed by atoms with Gasteiger partial charge in [-0.2, -0.15) is 0 Å². The minimum atomic E-state index is -0.553. The zero-order chi connectivity index (χ0) is 46.0. The van der Waals surface area contributed by atoms with E-state index in [-0.39, 0.29) is 5.41 Å². The molecule has 0 saturated carbocycles. The molecule has 3 nitrogen and oxygen atoms in total. The Labute approximate surface area is 393 Å². The maximum atomic E-state index is 12.3. The van der Waals surface area contributed by atoms with Gasteiger partial charge in [0.1, 0.15) is 11.5 Å². The summed E-state index contributed by atoms with van der Waals surface area (Å²) in [7, 11) is 0. The van der Waals surface area contributed by atoms with E-state index in [9.17, 15) is 10.2 Å². The summed E-state index contributed by atoms with van der Waals surface area (Å²) in [6, 6.07) is 30.8. The van der Waals surface area contributed by atoms with Gasteiger partial charge in [0, 0.05) is 22.3 Å². The van der Waals surface area contributed by atoms with Gasteiger partial charge in [0.2, 0.25) is 0 Å². The van der Waals surface area contributed by atoms with Gasteiger partial charge in [-0.1, -0.05) is 35.4 Å². The molecule has 334 valence electrons. The van der Waals surface area contributed by atoms with Crippen LogP contribution in [0.4, 0.5) is 5.69 Å². The van der Waals surface area contributed by atoms with Crippen molar-refractivity contribution in [3.05, 3.63) is 157 Å². The standard InChI is InChI=1S/C38H42O2.C12H17N.C10H12.Mo/c1-21-15-23(3)33(24(4)16-21)31-19-27-11-7-9-13-29(27)35(37(31)39)36-30-14-10-8-12-28(30)20-32(38(36)40)34-25(5)17-22(2)18-26(34)6;1-8(2)10-6-5-7-11(9(3)4)12(10)13;1-10(2,3)9-7-5-4-6-8-9;/h15-20,39-40H,7-14H2,1-6H3;5-9H,1-4H3;1,4-8H,2-3H3;. The van der Waals surface area contributed by atoms with Crippen LogP contribution < -0.4 is 0 Å². The molecule has 0 radical (unpaired) electrons. The van der Waals surface area contributed by atoms with Crippen molar-refractivity contribution in [3.8, 4) is 44.9 Å². The van der Waals surface area contributed by atoms with Gasteiger partial charge in [-0.15, -0.1) is 0 Å². The van der Waals surface area contributed by atoms with Crippen LogP contribution in [0.3, 0.4) is 0 Å². The number of hydrogen-bond acceptors (Lipinski definition) is 3. The fourth-order valence-electron chi connectivity index (χ4n) is 10.7. The number of hydrogen-bond donors (Lipinski definition) is 2. The summed E-state index contributed by atoms with van der Waals surface area (Å²) in [5, 5.41) is 24.6. The van der Waals surface area contributed by atoms with E-state index in [1.54, 1.807) is 0 Å². The molecule has 0 aromatic heterocycles. The maximum absolute atomic E-state index is 12.3. The van der Waals surface area contributed by atoms with Crippen LogP contribution in [0.15, 0.2) is 88.4 Å². The molecule has 0 spiro atoms. The second-order valence-corrected chi connectivity index (χ2v) is 21.6. The minimum absolute atomic E-state index is 0.0811. The second kappa shape index (κ2) is 19.8. The molecule has 0 amide bonds. The van der Waals surface area contributed by atoms with Crippen molar-refractivity contribution in [2.45, 2.75) is 152 Å². The molecule has 0 unspecified atom stereocenters. The maximum Gasteiger partial charge on any atom is 0.131 e. The third kappa shape index (κ3) is 9.77. The summed E-state index contributed by atoms with van der Waals surface area (Å²) in [4.78, 5) is 0. The Morgan fingerprint density at radius 1 is 0.531 bits per heavy atom. The van der Waals surface area contributed by atoms with Crippen LogP contribution >= 0.6 is 0 Å². The molecule has 2 aliphatic rings. The van der Waals surface area contributed by atoms with Crippen LogP contribution in [-0.4, -0.2) is 14.6 Å². The Morgan fingerprint density at radius 3 is 1.34 bits per heavy atom. The predicted molar refractivity (Wildman–Crippen MR) is 270 cm³/mol. The molecule has 0 heterocycles. The monoisotopic (exact) mass is 935 g/mol. The largest absolute Gasteiger partial charge is 0.507 e. The Balaban J connectivity index is 0.000000219. The fourth-order valence-corrected chi connectivity index (χ4v) is 12.6. The Morgan fingerprint density at radius 2 is 0.938 bits per heavy atom. The molecule has 8 rings (SSSR count). The first-order valence-corrected chi connectivity index (χ1v) is 25.9. The predicted octanol–water partition coefficient (Wildman–Crippen LogP) is 16.3. The Bertz CT molecular complexity index is 2570. The number of fused-ring (bicyclic) bond motifs is 2. The molecule has 0 fully saturated rings. The quantitative estimate of drug-likeness (QED) is 0.149. The molecule has 2 N–H and O–H groups in total. The van der Waals surface area contributed by atoms with E-state index < -0.39 is 17.9 Å². The molecule has 6 aromatic carbocycles. The molecule has 6 aromatic rings. The van der Waals surface area contributed by atoms with Gasteiger partial charge < -0.3 is 10.2 Å².